The normalized spacial score (nSPS) is 17.2. The third kappa shape index (κ3) is 3.91. The van der Waals surface area contributed by atoms with Gasteiger partial charge in [-0.25, -0.2) is 12.8 Å². The van der Waals surface area contributed by atoms with Crippen molar-refractivity contribution < 1.29 is 12.8 Å². The molecular weight excluding hydrogens is 279 g/mol. The fraction of sp³-hybridized carbons (Fsp3) is 0.455. The Labute approximate surface area is 113 Å². The van der Waals surface area contributed by atoms with Crippen LogP contribution in [0.1, 0.15) is 5.56 Å². The Kier molecular flexibility index (Phi) is 5.52. The summed E-state index contributed by atoms with van der Waals surface area (Å²) in [6, 6.07) is 5.72. The Bertz CT molecular complexity index is 490. The lowest BCUT2D eigenvalue weighted by atomic mass is 10.2. The Morgan fingerprint density at radius 3 is 2.56 bits per heavy atom. The van der Waals surface area contributed by atoms with Crippen LogP contribution in [-0.2, 0) is 15.8 Å². The van der Waals surface area contributed by atoms with Gasteiger partial charge in [-0.2, -0.15) is 4.31 Å². The first-order valence-corrected chi connectivity index (χ1v) is 7.12. The van der Waals surface area contributed by atoms with E-state index in [1.54, 1.807) is 6.07 Å². The molecule has 0 aromatic heterocycles. The van der Waals surface area contributed by atoms with Gasteiger partial charge in [-0.05, 0) is 17.7 Å². The van der Waals surface area contributed by atoms with Crippen molar-refractivity contribution >= 4 is 22.4 Å². The molecule has 0 saturated carbocycles. The molecule has 1 aliphatic rings. The Morgan fingerprint density at radius 2 is 1.94 bits per heavy atom. The number of halogens is 2. The number of benzene rings is 1. The molecule has 1 fully saturated rings. The zero-order valence-electron chi connectivity index (χ0n) is 9.80. The molecule has 0 spiro atoms. The topological polar surface area (TPSA) is 49.4 Å². The van der Waals surface area contributed by atoms with Crippen molar-refractivity contribution in [3.8, 4) is 0 Å². The molecule has 1 aromatic carbocycles. The summed E-state index contributed by atoms with van der Waals surface area (Å²) in [6.45, 7) is 2.31. The van der Waals surface area contributed by atoms with Crippen LogP contribution in [0.5, 0.6) is 0 Å². The molecule has 0 unspecified atom stereocenters. The zero-order chi connectivity index (χ0) is 12.3. The maximum atomic E-state index is 13.0. The van der Waals surface area contributed by atoms with Crippen LogP contribution < -0.4 is 5.32 Å². The lowest BCUT2D eigenvalue weighted by molar-refractivity contribution is 0.359. The number of rotatable bonds is 3. The van der Waals surface area contributed by atoms with E-state index in [9.17, 15) is 12.8 Å². The summed E-state index contributed by atoms with van der Waals surface area (Å²) in [6.07, 6.45) is 0. The molecule has 0 aliphatic carbocycles. The molecule has 1 heterocycles. The highest BCUT2D eigenvalue weighted by atomic mass is 35.5. The summed E-state index contributed by atoms with van der Waals surface area (Å²) in [5.41, 5.74) is 0.489. The van der Waals surface area contributed by atoms with E-state index in [-0.39, 0.29) is 18.2 Å². The number of piperazine rings is 1. The second-order valence-electron chi connectivity index (χ2n) is 4.04. The van der Waals surface area contributed by atoms with Crippen molar-refractivity contribution in [2.75, 3.05) is 26.2 Å². The highest BCUT2D eigenvalue weighted by Crippen LogP contribution is 2.12. The van der Waals surface area contributed by atoms with Crippen molar-refractivity contribution in [1.29, 1.82) is 0 Å². The summed E-state index contributed by atoms with van der Waals surface area (Å²) in [7, 11) is -3.33. The number of nitrogens with one attached hydrogen (secondary N) is 1. The average molecular weight is 295 g/mol. The molecule has 4 nitrogen and oxygen atoms in total. The van der Waals surface area contributed by atoms with Crippen LogP contribution in [0.2, 0.25) is 0 Å². The van der Waals surface area contributed by atoms with Crippen LogP contribution >= 0.6 is 12.4 Å². The highest BCUT2D eigenvalue weighted by Gasteiger charge is 2.23. The largest absolute Gasteiger partial charge is 0.314 e. The van der Waals surface area contributed by atoms with Gasteiger partial charge in [0.2, 0.25) is 10.0 Å². The fourth-order valence-electron chi connectivity index (χ4n) is 1.85. The molecule has 1 N–H and O–H groups in total. The second kappa shape index (κ2) is 6.47. The summed E-state index contributed by atoms with van der Waals surface area (Å²) < 4.78 is 38.5. The van der Waals surface area contributed by atoms with Crippen molar-refractivity contribution in [2.24, 2.45) is 0 Å². The van der Waals surface area contributed by atoms with Gasteiger partial charge in [0.25, 0.3) is 0 Å². The van der Waals surface area contributed by atoms with E-state index >= 15 is 0 Å². The predicted octanol–water partition coefficient (Wildman–Crippen LogP) is 0.982. The van der Waals surface area contributed by atoms with Crippen molar-refractivity contribution in [3.63, 3.8) is 0 Å². The molecule has 1 saturated heterocycles. The van der Waals surface area contributed by atoms with E-state index in [1.807, 2.05) is 0 Å². The van der Waals surface area contributed by atoms with Crippen LogP contribution in [0.4, 0.5) is 4.39 Å². The minimum Gasteiger partial charge on any atom is -0.314 e. The molecule has 0 atom stereocenters. The molecular formula is C11H16ClFN2O2S. The summed E-state index contributed by atoms with van der Waals surface area (Å²) >= 11 is 0. The lowest BCUT2D eigenvalue weighted by Crippen LogP contribution is -2.46. The van der Waals surface area contributed by atoms with Crippen LogP contribution in [0.3, 0.4) is 0 Å². The SMILES string of the molecule is Cl.O=S(=O)(Cc1cccc(F)c1)N1CCNCC1. The number of nitrogens with zero attached hydrogens (tertiary/aromatic N) is 1. The quantitative estimate of drug-likeness (QED) is 0.904. The first kappa shape index (κ1) is 15.4. The Morgan fingerprint density at radius 1 is 1.28 bits per heavy atom. The first-order chi connectivity index (χ1) is 8.08. The van der Waals surface area contributed by atoms with Gasteiger partial charge in [-0.3, -0.25) is 0 Å². The molecule has 0 bridgehead atoms. The van der Waals surface area contributed by atoms with E-state index in [4.69, 9.17) is 0 Å². The molecule has 0 amide bonds. The van der Waals surface area contributed by atoms with Gasteiger partial charge in [-0.1, -0.05) is 12.1 Å². The van der Waals surface area contributed by atoms with Gasteiger partial charge in [0.1, 0.15) is 5.82 Å². The predicted molar refractivity (Wildman–Crippen MR) is 70.7 cm³/mol. The molecule has 1 aromatic rings. The highest BCUT2D eigenvalue weighted by molar-refractivity contribution is 7.88. The molecule has 1 aliphatic heterocycles. The number of hydrogen-bond acceptors (Lipinski definition) is 3. The van der Waals surface area contributed by atoms with Crippen LogP contribution in [0, 0.1) is 5.82 Å². The third-order valence-electron chi connectivity index (χ3n) is 2.71. The molecule has 2 rings (SSSR count). The van der Waals surface area contributed by atoms with E-state index in [0.29, 0.717) is 31.7 Å². The van der Waals surface area contributed by atoms with E-state index in [1.165, 1.54) is 22.5 Å². The molecule has 102 valence electrons. The fourth-order valence-corrected chi connectivity index (χ4v) is 3.37. The van der Waals surface area contributed by atoms with E-state index in [0.717, 1.165) is 0 Å². The molecule has 7 heteroatoms. The molecule has 0 radical (unpaired) electrons. The number of sulfonamides is 1. The zero-order valence-corrected chi connectivity index (χ0v) is 11.4. The van der Waals surface area contributed by atoms with Crippen LogP contribution in [-0.4, -0.2) is 38.9 Å². The third-order valence-corrected chi connectivity index (χ3v) is 4.56. The summed E-state index contributed by atoms with van der Waals surface area (Å²) in [5, 5.41) is 3.09. The van der Waals surface area contributed by atoms with Crippen LogP contribution in [0.25, 0.3) is 0 Å². The maximum Gasteiger partial charge on any atom is 0.218 e. The van der Waals surface area contributed by atoms with Crippen molar-refractivity contribution in [1.82, 2.24) is 9.62 Å². The van der Waals surface area contributed by atoms with Gasteiger partial charge in [0.15, 0.2) is 0 Å². The minimum absolute atomic E-state index is 0. The first-order valence-electron chi connectivity index (χ1n) is 5.51. The van der Waals surface area contributed by atoms with Gasteiger partial charge >= 0.3 is 0 Å². The summed E-state index contributed by atoms with van der Waals surface area (Å²) in [4.78, 5) is 0. The monoisotopic (exact) mass is 294 g/mol. The van der Waals surface area contributed by atoms with Crippen molar-refractivity contribution in [3.05, 3.63) is 35.6 Å². The number of hydrogen-bond donors (Lipinski definition) is 1. The van der Waals surface area contributed by atoms with E-state index in [2.05, 4.69) is 5.32 Å². The van der Waals surface area contributed by atoms with Gasteiger partial charge < -0.3 is 5.32 Å². The van der Waals surface area contributed by atoms with Crippen LogP contribution in [0.15, 0.2) is 24.3 Å². The Hall–Kier alpha value is -0.690. The maximum absolute atomic E-state index is 13.0. The lowest BCUT2D eigenvalue weighted by Gasteiger charge is -2.26. The second-order valence-corrected chi connectivity index (χ2v) is 6.00. The minimum atomic E-state index is -3.33. The van der Waals surface area contributed by atoms with Gasteiger partial charge in [0, 0.05) is 26.2 Å². The summed E-state index contributed by atoms with van der Waals surface area (Å²) in [5.74, 6) is -0.539. The average Bonchev–Trinajstić information content (AvgIpc) is 2.29. The van der Waals surface area contributed by atoms with Gasteiger partial charge in [0.05, 0.1) is 5.75 Å². The van der Waals surface area contributed by atoms with Crippen molar-refractivity contribution in [2.45, 2.75) is 5.75 Å². The molecule has 18 heavy (non-hydrogen) atoms. The van der Waals surface area contributed by atoms with E-state index < -0.39 is 15.8 Å². The smallest absolute Gasteiger partial charge is 0.218 e. The Balaban J connectivity index is 0.00000162. The van der Waals surface area contributed by atoms with Gasteiger partial charge in [-0.15, -0.1) is 12.4 Å². The standard InChI is InChI=1S/C11H15FN2O2S.ClH/c12-11-3-1-2-10(8-11)9-17(15,16)14-6-4-13-5-7-14;/h1-3,8,13H,4-7,9H2;1H.